The van der Waals surface area contributed by atoms with Crippen LogP contribution in [0, 0.1) is 0 Å². The molecule has 1 aromatic carbocycles. The van der Waals surface area contributed by atoms with Crippen LogP contribution < -0.4 is 4.74 Å². The van der Waals surface area contributed by atoms with Gasteiger partial charge in [0.2, 0.25) is 10.0 Å². The Hall–Kier alpha value is -1.15. The Morgan fingerprint density at radius 1 is 1.23 bits per heavy atom. The summed E-state index contributed by atoms with van der Waals surface area (Å²) in [5.74, 6) is 0.677. The van der Waals surface area contributed by atoms with Crippen LogP contribution in [0.2, 0.25) is 0 Å². The van der Waals surface area contributed by atoms with E-state index < -0.39 is 16.1 Å². The number of rotatable bonds is 11. The molecular weight excluding hydrogens is 352 g/mol. The Labute approximate surface area is 157 Å². The van der Waals surface area contributed by atoms with Crippen molar-refractivity contribution in [3.8, 4) is 5.75 Å². The Morgan fingerprint density at radius 3 is 2.46 bits per heavy atom. The summed E-state index contributed by atoms with van der Waals surface area (Å²) in [5, 5.41) is 9.53. The number of aliphatic hydroxyl groups excluding tert-OH is 1. The minimum Gasteiger partial charge on any atom is -0.494 e. The number of hydrogen-bond donors (Lipinski definition) is 1. The first kappa shape index (κ1) is 21.2. The maximum absolute atomic E-state index is 13.1. The van der Waals surface area contributed by atoms with E-state index in [9.17, 15) is 13.5 Å². The van der Waals surface area contributed by atoms with Gasteiger partial charge in [0, 0.05) is 19.1 Å². The van der Waals surface area contributed by atoms with Crippen molar-refractivity contribution in [2.24, 2.45) is 0 Å². The number of benzene rings is 1. The van der Waals surface area contributed by atoms with Crippen LogP contribution in [0.25, 0.3) is 0 Å². The fourth-order valence-electron chi connectivity index (χ4n) is 3.09. The summed E-state index contributed by atoms with van der Waals surface area (Å²) in [6.45, 7) is 7.39. The maximum Gasteiger partial charge on any atom is 0.243 e. The average molecular weight is 385 g/mol. The summed E-state index contributed by atoms with van der Waals surface area (Å²) in [4.78, 5) is 2.51. The molecule has 0 saturated carbocycles. The molecule has 148 valence electrons. The number of unbranched alkanes of at least 4 members (excludes halogenated alkanes) is 1. The molecule has 1 aliphatic heterocycles. The highest BCUT2D eigenvalue weighted by atomic mass is 32.2. The topological polar surface area (TPSA) is 70.1 Å². The maximum atomic E-state index is 13.1. The van der Waals surface area contributed by atoms with Crippen LogP contribution in [0.4, 0.5) is 0 Å². The Morgan fingerprint density at radius 2 is 1.88 bits per heavy atom. The normalized spacial score (nSPS) is 16.9. The molecule has 1 aliphatic rings. The van der Waals surface area contributed by atoms with Gasteiger partial charge in [-0.3, -0.25) is 0 Å². The molecule has 0 spiro atoms. The molecule has 0 amide bonds. The van der Waals surface area contributed by atoms with Crippen molar-refractivity contribution in [3.05, 3.63) is 24.3 Å². The van der Waals surface area contributed by atoms with Gasteiger partial charge in [-0.05, 0) is 63.5 Å². The second-order valence-electron chi connectivity index (χ2n) is 6.87. The van der Waals surface area contributed by atoms with E-state index in [1.807, 2.05) is 0 Å². The van der Waals surface area contributed by atoms with E-state index >= 15 is 0 Å². The number of nitrogens with zero attached hydrogens (tertiary/aromatic N) is 2. The third kappa shape index (κ3) is 5.67. The van der Waals surface area contributed by atoms with Crippen molar-refractivity contribution >= 4 is 10.0 Å². The number of sulfonamides is 1. The van der Waals surface area contributed by atoms with Crippen LogP contribution in [0.15, 0.2) is 29.2 Å². The fourth-order valence-corrected chi connectivity index (χ4v) is 4.71. The Balaban J connectivity index is 2.08. The molecule has 6 nitrogen and oxygen atoms in total. The lowest BCUT2D eigenvalue weighted by Gasteiger charge is -2.29. The summed E-state index contributed by atoms with van der Waals surface area (Å²) >= 11 is 0. The molecule has 0 radical (unpaired) electrons. The fraction of sp³-hybridized carbons (Fsp3) is 0.684. The molecule has 1 atom stereocenters. The molecule has 0 aliphatic carbocycles. The quantitative estimate of drug-likeness (QED) is 0.593. The minimum absolute atomic E-state index is 0.197. The van der Waals surface area contributed by atoms with E-state index in [0.29, 0.717) is 25.4 Å². The molecule has 1 N–H and O–H groups in total. The molecule has 0 bridgehead atoms. The van der Waals surface area contributed by atoms with E-state index in [4.69, 9.17) is 4.74 Å². The van der Waals surface area contributed by atoms with Gasteiger partial charge in [0.05, 0.1) is 18.1 Å². The van der Waals surface area contributed by atoms with Gasteiger partial charge in [0.25, 0.3) is 0 Å². The standard InChI is InChI=1S/C19H32N2O4S/c1-3-4-15-25-18-7-9-19(10-8-18)26(23,24)21(17(2)16-22)14-13-20-11-5-6-12-20/h7-10,17,22H,3-6,11-16H2,1-2H3/t17-/m1/s1. The molecule has 26 heavy (non-hydrogen) atoms. The summed E-state index contributed by atoms with van der Waals surface area (Å²) in [5.41, 5.74) is 0. The largest absolute Gasteiger partial charge is 0.494 e. The smallest absolute Gasteiger partial charge is 0.243 e. The molecule has 2 rings (SSSR count). The van der Waals surface area contributed by atoms with E-state index in [1.54, 1.807) is 31.2 Å². The lowest BCUT2D eigenvalue weighted by molar-refractivity contribution is 0.185. The molecule has 0 unspecified atom stereocenters. The zero-order chi connectivity index (χ0) is 19.0. The monoisotopic (exact) mass is 384 g/mol. The van der Waals surface area contributed by atoms with Gasteiger partial charge in [-0.2, -0.15) is 4.31 Å². The van der Waals surface area contributed by atoms with Crippen LogP contribution in [-0.2, 0) is 10.0 Å². The van der Waals surface area contributed by atoms with Crippen LogP contribution in [0.1, 0.15) is 39.5 Å². The summed E-state index contributed by atoms with van der Waals surface area (Å²) < 4.78 is 33.1. The highest BCUT2D eigenvalue weighted by molar-refractivity contribution is 7.89. The van der Waals surface area contributed by atoms with Gasteiger partial charge in [-0.1, -0.05) is 13.3 Å². The molecule has 1 aromatic rings. The molecule has 1 fully saturated rings. The predicted molar refractivity (Wildman–Crippen MR) is 103 cm³/mol. The second kappa shape index (κ2) is 10.3. The van der Waals surface area contributed by atoms with Crippen LogP contribution >= 0.6 is 0 Å². The van der Waals surface area contributed by atoms with Crippen molar-refractivity contribution in [2.45, 2.75) is 50.5 Å². The Kier molecular flexibility index (Phi) is 8.34. The van der Waals surface area contributed by atoms with E-state index in [2.05, 4.69) is 11.8 Å². The SMILES string of the molecule is CCCCOc1ccc(S(=O)(=O)N(CCN2CCCC2)[C@H](C)CO)cc1. The lowest BCUT2D eigenvalue weighted by atomic mass is 10.3. The summed E-state index contributed by atoms with van der Waals surface area (Å²) in [6, 6.07) is 6.12. The number of aliphatic hydroxyl groups is 1. The van der Waals surface area contributed by atoms with Crippen molar-refractivity contribution in [1.82, 2.24) is 9.21 Å². The zero-order valence-electron chi connectivity index (χ0n) is 15.9. The predicted octanol–water partition coefficient (Wildman–Crippen LogP) is 2.33. The van der Waals surface area contributed by atoms with Crippen LogP contribution in [0.3, 0.4) is 0 Å². The highest BCUT2D eigenvalue weighted by Crippen LogP contribution is 2.22. The first-order valence-corrected chi connectivity index (χ1v) is 11.0. The van der Waals surface area contributed by atoms with Crippen molar-refractivity contribution in [1.29, 1.82) is 0 Å². The first-order chi connectivity index (χ1) is 12.5. The number of likely N-dealkylation sites (tertiary alicyclic amines) is 1. The minimum atomic E-state index is -3.65. The van der Waals surface area contributed by atoms with Gasteiger partial charge in [-0.15, -0.1) is 0 Å². The third-order valence-electron chi connectivity index (χ3n) is 4.79. The highest BCUT2D eigenvalue weighted by Gasteiger charge is 2.29. The van der Waals surface area contributed by atoms with E-state index in [0.717, 1.165) is 25.9 Å². The number of hydrogen-bond acceptors (Lipinski definition) is 5. The van der Waals surface area contributed by atoms with Crippen molar-refractivity contribution < 1.29 is 18.3 Å². The molecule has 0 aromatic heterocycles. The van der Waals surface area contributed by atoms with Gasteiger partial charge in [0.1, 0.15) is 5.75 Å². The summed E-state index contributed by atoms with van der Waals surface area (Å²) in [6.07, 6.45) is 4.36. The molecule has 7 heteroatoms. The van der Waals surface area contributed by atoms with Gasteiger partial charge >= 0.3 is 0 Å². The average Bonchev–Trinajstić information content (AvgIpc) is 3.15. The van der Waals surface area contributed by atoms with Gasteiger partial charge in [0.15, 0.2) is 0 Å². The summed E-state index contributed by atoms with van der Waals surface area (Å²) in [7, 11) is -3.65. The number of ether oxygens (including phenoxy) is 1. The van der Waals surface area contributed by atoms with Gasteiger partial charge < -0.3 is 14.7 Å². The van der Waals surface area contributed by atoms with Crippen LogP contribution in [-0.4, -0.2) is 68.2 Å². The van der Waals surface area contributed by atoms with Gasteiger partial charge in [-0.25, -0.2) is 8.42 Å². The van der Waals surface area contributed by atoms with E-state index in [1.165, 1.54) is 17.1 Å². The second-order valence-corrected chi connectivity index (χ2v) is 8.76. The first-order valence-electron chi connectivity index (χ1n) is 9.57. The molecule has 1 saturated heterocycles. The molecular formula is C19H32N2O4S. The zero-order valence-corrected chi connectivity index (χ0v) is 16.7. The molecule has 1 heterocycles. The van der Waals surface area contributed by atoms with Crippen molar-refractivity contribution in [2.75, 3.05) is 39.4 Å². The van der Waals surface area contributed by atoms with E-state index in [-0.39, 0.29) is 11.5 Å². The Bertz CT molecular complexity index is 627. The van der Waals surface area contributed by atoms with Crippen molar-refractivity contribution in [3.63, 3.8) is 0 Å². The third-order valence-corrected chi connectivity index (χ3v) is 6.82. The lowest BCUT2D eigenvalue weighted by Crippen LogP contribution is -2.44. The van der Waals surface area contributed by atoms with Crippen LogP contribution in [0.5, 0.6) is 5.75 Å².